The van der Waals surface area contributed by atoms with Crippen molar-refractivity contribution in [2.75, 3.05) is 17.3 Å². The SMILES string of the molecule is Cc1cc2c(cc1/C=C(\C#N)C(=O)Nc1ccc(Br)cc1)C(C)CC(C)(C)N2C. The van der Waals surface area contributed by atoms with E-state index in [9.17, 15) is 10.1 Å². The van der Waals surface area contributed by atoms with Crippen LogP contribution in [-0.2, 0) is 4.79 Å². The summed E-state index contributed by atoms with van der Waals surface area (Å²) >= 11 is 3.37. The minimum atomic E-state index is -0.404. The Balaban J connectivity index is 1.94. The number of carbonyl (C=O) groups excluding carboxylic acids is 1. The van der Waals surface area contributed by atoms with Gasteiger partial charge in [0, 0.05) is 28.4 Å². The predicted molar refractivity (Wildman–Crippen MR) is 123 cm³/mol. The molecule has 0 aliphatic carbocycles. The monoisotopic (exact) mass is 451 g/mol. The normalized spacial score (nSPS) is 18.0. The highest BCUT2D eigenvalue weighted by atomic mass is 79.9. The van der Waals surface area contributed by atoms with Gasteiger partial charge < -0.3 is 10.2 Å². The number of amides is 1. The van der Waals surface area contributed by atoms with Crippen molar-refractivity contribution in [1.82, 2.24) is 0 Å². The molecule has 1 atom stereocenters. The number of anilines is 2. The van der Waals surface area contributed by atoms with Crippen LogP contribution in [0.4, 0.5) is 11.4 Å². The van der Waals surface area contributed by atoms with E-state index in [0.29, 0.717) is 11.6 Å². The standard InChI is InChI=1S/C24H26BrN3O/c1-15-10-22-21(16(2)13-24(3,4)28(22)5)12-17(15)11-18(14-26)23(29)27-20-8-6-19(25)7-9-20/h6-12,16H,13H2,1-5H3,(H,27,29)/b18-11+. The van der Waals surface area contributed by atoms with Crippen molar-refractivity contribution in [3.8, 4) is 6.07 Å². The zero-order valence-electron chi connectivity index (χ0n) is 17.5. The van der Waals surface area contributed by atoms with E-state index in [2.05, 4.69) is 72.2 Å². The molecule has 0 radical (unpaired) electrons. The molecular weight excluding hydrogens is 426 g/mol. The maximum Gasteiger partial charge on any atom is 0.266 e. The van der Waals surface area contributed by atoms with E-state index in [-0.39, 0.29) is 11.1 Å². The van der Waals surface area contributed by atoms with Gasteiger partial charge in [-0.05, 0) is 92.3 Å². The number of hydrogen-bond donors (Lipinski definition) is 1. The van der Waals surface area contributed by atoms with Crippen molar-refractivity contribution in [2.24, 2.45) is 0 Å². The lowest BCUT2D eigenvalue weighted by molar-refractivity contribution is -0.112. The molecule has 3 rings (SSSR count). The number of fused-ring (bicyclic) bond motifs is 1. The fourth-order valence-electron chi connectivity index (χ4n) is 3.93. The lowest BCUT2D eigenvalue weighted by Gasteiger charge is -2.45. The van der Waals surface area contributed by atoms with Crippen LogP contribution in [0.25, 0.3) is 6.08 Å². The Morgan fingerprint density at radius 2 is 1.97 bits per heavy atom. The first-order chi connectivity index (χ1) is 13.6. The fraction of sp³-hybridized carbons (Fsp3) is 0.333. The molecule has 150 valence electrons. The summed E-state index contributed by atoms with van der Waals surface area (Å²) in [7, 11) is 2.13. The van der Waals surface area contributed by atoms with E-state index < -0.39 is 5.91 Å². The molecule has 0 saturated heterocycles. The minimum absolute atomic E-state index is 0.0908. The predicted octanol–water partition coefficient (Wildman–Crippen LogP) is 6.03. The van der Waals surface area contributed by atoms with Gasteiger partial charge in [0.2, 0.25) is 0 Å². The highest BCUT2D eigenvalue weighted by molar-refractivity contribution is 9.10. The molecule has 1 unspecified atom stereocenters. The summed E-state index contributed by atoms with van der Waals surface area (Å²) in [4.78, 5) is 14.9. The molecule has 1 amide bonds. The summed E-state index contributed by atoms with van der Waals surface area (Å²) in [6.45, 7) is 8.78. The zero-order valence-corrected chi connectivity index (χ0v) is 19.1. The number of nitrogens with one attached hydrogen (secondary N) is 1. The third-order valence-corrected chi connectivity index (χ3v) is 6.32. The fourth-order valence-corrected chi connectivity index (χ4v) is 4.19. The Bertz CT molecular complexity index is 1020. The van der Waals surface area contributed by atoms with Gasteiger partial charge in [-0.2, -0.15) is 5.26 Å². The molecule has 4 nitrogen and oxygen atoms in total. The van der Waals surface area contributed by atoms with Gasteiger partial charge in [-0.25, -0.2) is 0 Å². The lowest BCUT2D eigenvalue weighted by atomic mass is 9.79. The first-order valence-electron chi connectivity index (χ1n) is 9.69. The highest BCUT2D eigenvalue weighted by Crippen LogP contribution is 2.43. The Hall–Kier alpha value is -2.58. The van der Waals surface area contributed by atoms with Crippen LogP contribution in [0, 0.1) is 18.3 Å². The van der Waals surface area contributed by atoms with Crippen LogP contribution < -0.4 is 10.2 Å². The van der Waals surface area contributed by atoms with Crippen LogP contribution in [-0.4, -0.2) is 18.5 Å². The third kappa shape index (κ3) is 4.38. The maximum absolute atomic E-state index is 12.6. The first-order valence-corrected chi connectivity index (χ1v) is 10.5. The molecule has 0 fully saturated rings. The molecule has 2 aromatic rings. The number of aryl methyl sites for hydroxylation is 1. The number of halogens is 1. The molecule has 2 aromatic carbocycles. The molecule has 29 heavy (non-hydrogen) atoms. The van der Waals surface area contributed by atoms with Crippen LogP contribution in [0.3, 0.4) is 0 Å². The van der Waals surface area contributed by atoms with Gasteiger partial charge in [0.15, 0.2) is 0 Å². The second-order valence-corrected chi connectivity index (χ2v) is 9.29. The highest BCUT2D eigenvalue weighted by Gasteiger charge is 2.34. The molecule has 0 bridgehead atoms. The molecule has 0 spiro atoms. The average Bonchev–Trinajstić information content (AvgIpc) is 2.66. The minimum Gasteiger partial charge on any atom is -0.369 e. The molecule has 1 aliphatic rings. The number of hydrogen-bond acceptors (Lipinski definition) is 3. The molecule has 1 N–H and O–H groups in total. The molecule has 5 heteroatoms. The van der Waals surface area contributed by atoms with Crippen molar-refractivity contribution in [3.63, 3.8) is 0 Å². The topological polar surface area (TPSA) is 56.1 Å². The Morgan fingerprint density at radius 3 is 2.59 bits per heavy atom. The smallest absolute Gasteiger partial charge is 0.266 e. The Labute approximate surface area is 181 Å². The third-order valence-electron chi connectivity index (χ3n) is 5.79. The Kier molecular flexibility index (Phi) is 5.86. The van der Waals surface area contributed by atoms with Gasteiger partial charge in [0.1, 0.15) is 11.6 Å². The van der Waals surface area contributed by atoms with Crippen molar-refractivity contribution in [3.05, 3.63) is 63.1 Å². The van der Waals surface area contributed by atoms with E-state index in [1.54, 1.807) is 18.2 Å². The van der Waals surface area contributed by atoms with Crippen LogP contribution in [0.5, 0.6) is 0 Å². The van der Waals surface area contributed by atoms with E-state index in [0.717, 1.165) is 22.0 Å². The first kappa shape index (κ1) is 21.1. The van der Waals surface area contributed by atoms with Crippen LogP contribution in [0.1, 0.15) is 49.8 Å². The number of nitriles is 1. The summed E-state index contributed by atoms with van der Waals surface area (Å²) in [5.41, 5.74) is 5.28. The van der Waals surface area contributed by atoms with Crippen molar-refractivity contribution in [1.29, 1.82) is 5.26 Å². The summed E-state index contributed by atoms with van der Waals surface area (Å²) in [5.74, 6) is 0.00400. The number of rotatable bonds is 3. The molecular formula is C24H26BrN3O. The van der Waals surface area contributed by atoms with E-state index in [1.807, 2.05) is 19.1 Å². The van der Waals surface area contributed by atoms with Gasteiger partial charge in [-0.15, -0.1) is 0 Å². The zero-order chi connectivity index (χ0) is 21.3. The summed E-state index contributed by atoms with van der Waals surface area (Å²) < 4.78 is 0.929. The van der Waals surface area contributed by atoms with Crippen LogP contribution in [0.15, 0.2) is 46.4 Å². The maximum atomic E-state index is 12.6. The number of nitrogens with zero attached hydrogens (tertiary/aromatic N) is 2. The number of carbonyl (C=O) groups is 1. The Morgan fingerprint density at radius 1 is 1.31 bits per heavy atom. The summed E-state index contributed by atoms with van der Waals surface area (Å²) in [6, 6.07) is 13.6. The van der Waals surface area contributed by atoms with Gasteiger partial charge in [0.05, 0.1) is 0 Å². The van der Waals surface area contributed by atoms with Gasteiger partial charge in [-0.1, -0.05) is 22.9 Å². The molecule has 0 saturated carbocycles. The second-order valence-electron chi connectivity index (χ2n) is 8.38. The van der Waals surface area contributed by atoms with Gasteiger partial charge in [0.25, 0.3) is 5.91 Å². The quantitative estimate of drug-likeness (QED) is 0.457. The van der Waals surface area contributed by atoms with E-state index in [1.165, 1.54) is 11.3 Å². The molecule has 1 heterocycles. The van der Waals surface area contributed by atoms with Crippen molar-refractivity contribution >= 4 is 39.3 Å². The van der Waals surface area contributed by atoms with Gasteiger partial charge in [-0.3, -0.25) is 4.79 Å². The largest absolute Gasteiger partial charge is 0.369 e. The van der Waals surface area contributed by atoms with E-state index >= 15 is 0 Å². The summed E-state index contributed by atoms with van der Waals surface area (Å²) in [5, 5.41) is 12.4. The van der Waals surface area contributed by atoms with E-state index in [4.69, 9.17) is 0 Å². The summed E-state index contributed by atoms with van der Waals surface area (Å²) in [6.07, 6.45) is 2.74. The average molecular weight is 452 g/mol. The van der Waals surface area contributed by atoms with Gasteiger partial charge >= 0.3 is 0 Å². The second kappa shape index (κ2) is 8.04. The molecule has 0 aromatic heterocycles. The van der Waals surface area contributed by atoms with Crippen molar-refractivity contribution in [2.45, 2.75) is 45.6 Å². The van der Waals surface area contributed by atoms with Crippen molar-refractivity contribution < 1.29 is 4.79 Å². The molecule has 1 aliphatic heterocycles. The number of benzene rings is 2. The van der Waals surface area contributed by atoms with Crippen LogP contribution >= 0.6 is 15.9 Å². The van der Waals surface area contributed by atoms with Crippen LogP contribution in [0.2, 0.25) is 0 Å². The lowest BCUT2D eigenvalue weighted by Crippen LogP contribution is -2.45.